The molecule has 0 atom stereocenters. The first-order valence-electron chi connectivity index (χ1n) is 8.03. The summed E-state index contributed by atoms with van der Waals surface area (Å²) in [5.41, 5.74) is 3.65. The molecule has 0 aromatic heterocycles. The monoisotopic (exact) mass is 535 g/mol. The minimum atomic E-state index is -0.372. The molecule has 1 amide bonds. The van der Waals surface area contributed by atoms with E-state index in [-0.39, 0.29) is 11.9 Å². The molecule has 1 N–H and O–H groups in total. The lowest BCUT2D eigenvalue weighted by Crippen LogP contribution is -2.11. The number of halogens is 2. The number of methoxy groups -OCH3 is 1. The van der Waals surface area contributed by atoms with Crippen molar-refractivity contribution in [3.63, 3.8) is 0 Å². The molecule has 3 rings (SSSR count). The summed E-state index contributed by atoms with van der Waals surface area (Å²) in [4.78, 5) is 24.0. The van der Waals surface area contributed by atoms with E-state index in [0.29, 0.717) is 11.1 Å². The van der Waals surface area contributed by atoms with Gasteiger partial charge in [-0.25, -0.2) is 4.79 Å². The average Bonchev–Trinajstić information content (AvgIpc) is 2.69. The van der Waals surface area contributed by atoms with Crippen LogP contribution < -0.4 is 5.32 Å². The van der Waals surface area contributed by atoms with E-state index in [9.17, 15) is 9.59 Å². The largest absolute Gasteiger partial charge is 0.465 e. The predicted octanol–water partition coefficient (Wildman–Crippen LogP) is 5.76. The second kappa shape index (κ2) is 8.67. The molecule has 4 nitrogen and oxygen atoms in total. The molecule has 0 bridgehead atoms. The number of carbonyl (C=O) groups excluding carboxylic acids is 2. The van der Waals surface area contributed by atoms with Crippen LogP contribution in [0.1, 0.15) is 20.7 Å². The quantitative estimate of drug-likeness (QED) is 0.341. The highest BCUT2D eigenvalue weighted by molar-refractivity contribution is 14.1. The number of anilines is 1. The van der Waals surface area contributed by atoms with Crippen LogP contribution in [0.25, 0.3) is 11.1 Å². The van der Waals surface area contributed by atoms with Gasteiger partial charge >= 0.3 is 5.97 Å². The SMILES string of the molecule is COC(=O)c1ccc(-c2ccc(C(=O)Nc3ccc(I)cc3)cc2Br)cc1. The van der Waals surface area contributed by atoms with Gasteiger partial charge in [0.1, 0.15) is 0 Å². The lowest BCUT2D eigenvalue weighted by molar-refractivity contribution is 0.0600. The van der Waals surface area contributed by atoms with Gasteiger partial charge in [-0.15, -0.1) is 0 Å². The van der Waals surface area contributed by atoms with E-state index in [4.69, 9.17) is 4.74 Å². The molecule has 3 aromatic carbocycles. The van der Waals surface area contributed by atoms with E-state index in [1.807, 2.05) is 42.5 Å². The van der Waals surface area contributed by atoms with Crippen molar-refractivity contribution in [1.82, 2.24) is 0 Å². The van der Waals surface area contributed by atoms with Crippen molar-refractivity contribution < 1.29 is 14.3 Å². The van der Waals surface area contributed by atoms with Crippen LogP contribution in [0.4, 0.5) is 5.69 Å². The smallest absolute Gasteiger partial charge is 0.337 e. The van der Waals surface area contributed by atoms with Crippen LogP contribution in [0, 0.1) is 3.57 Å². The van der Waals surface area contributed by atoms with E-state index in [1.165, 1.54) is 7.11 Å². The van der Waals surface area contributed by atoms with Crippen molar-refractivity contribution in [3.05, 3.63) is 85.9 Å². The molecular formula is C21H15BrINO3. The lowest BCUT2D eigenvalue weighted by Gasteiger charge is -2.09. The Morgan fingerprint density at radius 3 is 2.15 bits per heavy atom. The number of amides is 1. The molecule has 0 spiro atoms. The van der Waals surface area contributed by atoms with Crippen molar-refractivity contribution in [2.45, 2.75) is 0 Å². The number of rotatable bonds is 4. The van der Waals surface area contributed by atoms with Gasteiger partial charge in [0.05, 0.1) is 12.7 Å². The first-order valence-corrected chi connectivity index (χ1v) is 9.90. The second-order valence-electron chi connectivity index (χ2n) is 5.72. The number of ether oxygens (including phenoxy) is 1. The Hall–Kier alpha value is -2.19. The molecule has 27 heavy (non-hydrogen) atoms. The summed E-state index contributed by atoms with van der Waals surface area (Å²) in [6.07, 6.45) is 0. The van der Waals surface area contributed by atoms with E-state index in [1.54, 1.807) is 24.3 Å². The van der Waals surface area contributed by atoms with Crippen molar-refractivity contribution in [3.8, 4) is 11.1 Å². The zero-order valence-electron chi connectivity index (χ0n) is 14.3. The Kier molecular flexibility index (Phi) is 6.28. The highest BCUT2D eigenvalue weighted by Gasteiger charge is 2.11. The molecule has 0 saturated carbocycles. The second-order valence-corrected chi connectivity index (χ2v) is 7.82. The standard InChI is InChI=1S/C21H15BrINO3/c1-27-21(26)14-4-2-13(3-5-14)18-11-6-15(12-19(18)22)20(25)24-17-9-7-16(23)8-10-17/h2-12H,1H3,(H,24,25). The van der Waals surface area contributed by atoms with Crippen LogP contribution in [0.3, 0.4) is 0 Å². The summed E-state index contributed by atoms with van der Waals surface area (Å²) >= 11 is 5.75. The van der Waals surface area contributed by atoms with Crippen LogP contribution in [-0.4, -0.2) is 19.0 Å². The molecule has 136 valence electrons. The Bertz CT molecular complexity index is 985. The number of hydrogen-bond donors (Lipinski definition) is 1. The highest BCUT2D eigenvalue weighted by Crippen LogP contribution is 2.30. The van der Waals surface area contributed by atoms with E-state index in [2.05, 4.69) is 43.8 Å². The van der Waals surface area contributed by atoms with Crippen LogP contribution in [0.5, 0.6) is 0 Å². The molecule has 0 fully saturated rings. The lowest BCUT2D eigenvalue weighted by atomic mass is 10.0. The Labute approximate surface area is 179 Å². The van der Waals surface area contributed by atoms with Gasteiger partial charge in [0, 0.05) is 19.3 Å². The number of hydrogen-bond acceptors (Lipinski definition) is 3. The van der Waals surface area contributed by atoms with Crippen LogP contribution in [0.2, 0.25) is 0 Å². The minimum Gasteiger partial charge on any atom is -0.465 e. The number of esters is 1. The van der Waals surface area contributed by atoms with Crippen molar-refractivity contribution in [2.24, 2.45) is 0 Å². The van der Waals surface area contributed by atoms with Crippen molar-refractivity contribution in [2.75, 3.05) is 12.4 Å². The molecule has 0 aliphatic heterocycles. The zero-order valence-corrected chi connectivity index (χ0v) is 18.1. The number of carbonyl (C=O) groups is 2. The topological polar surface area (TPSA) is 55.4 Å². The van der Waals surface area contributed by atoms with Gasteiger partial charge < -0.3 is 10.1 Å². The third-order valence-corrected chi connectivity index (χ3v) is 5.33. The van der Waals surface area contributed by atoms with E-state index < -0.39 is 0 Å². The summed E-state index contributed by atoms with van der Waals surface area (Å²) < 4.78 is 6.61. The average molecular weight is 536 g/mol. The summed E-state index contributed by atoms with van der Waals surface area (Å²) in [5, 5.41) is 2.88. The Morgan fingerprint density at radius 2 is 1.56 bits per heavy atom. The number of nitrogens with one attached hydrogen (secondary N) is 1. The maximum atomic E-state index is 12.5. The van der Waals surface area contributed by atoms with Crippen molar-refractivity contribution in [1.29, 1.82) is 0 Å². The molecule has 0 aliphatic carbocycles. The molecule has 0 radical (unpaired) electrons. The first-order chi connectivity index (χ1) is 13.0. The molecule has 0 unspecified atom stereocenters. The Balaban J connectivity index is 1.79. The van der Waals surface area contributed by atoms with Crippen LogP contribution in [-0.2, 0) is 4.74 Å². The molecule has 6 heteroatoms. The molecule has 0 saturated heterocycles. The Morgan fingerprint density at radius 1 is 0.926 bits per heavy atom. The van der Waals surface area contributed by atoms with Gasteiger partial charge in [-0.2, -0.15) is 0 Å². The van der Waals surface area contributed by atoms with Crippen molar-refractivity contribution >= 4 is 56.1 Å². The van der Waals surface area contributed by atoms with Gasteiger partial charge in [0.2, 0.25) is 0 Å². The first kappa shape index (κ1) is 19.6. The minimum absolute atomic E-state index is 0.176. The maximum Gasteiger partial charge on any atom is 0.337 e. The van der Waals surface area contributed by atoms with Gasteiger partial charge in [-0.3, -0.25) is 4.79 Å². The summed E-state index contributed by atoms with van der Waals surface area (Å²) in [7, 11) is 1.35. The summed E-state index contributed by atoms with van der Waals surface area (Å²) in [6, 6.07) is 20.2. The van der Waals surface area contributed by atoms with E-state index in [0.717, 1.165) is 24.9 Å². The number of benzene rings is 3. The molecular weight excluding hydrogens is 521 g/mol. The van der Waals surface area contributed by atoms with Gasteiger partial charge in [-0.1, -0.05) is 34.1 Å². The fourth-order valence-corrected chi connectivity index (χ4v) is 3.50. The summed E-state index contributed by atoms with van der Waals surface area (Å²) in [5.74, 6) is -0.548. The summed E-state index contributed by atoms with van der Waals surface area (Å²) in [6.45, 7) is 0. The fraction of sp³-hybridized carbons (Fsp3) is 0.0476. The predicted molar refractivity (Wildman–Crippen MR) is 118 cm³/mol. The normalized spacial score (nSPS) is 10.3. The maximum absolute atomic E-state index is 12.5. The van der Waals surface area contributed by atoms with Crippen LogP contribution >= 0.6 is 38.5 Å². The van der Waals surface area contributed by atoms with Gasteiger partial charge in [0.15, 0.2) is 0 Å². The molecule has 0 aliphatic rings. The highest BCUT2D eigenvalue weighted by atomic mass is 127. The third-order valence-electron chi connectivity index (χ3n) is 3.95. The van der Waals surface area contributed by atoms with Gasteiger partial charge in [0.25, 0.3) is 5.91 Å². The van der Waals surface area contributed by atoms with Crippen LogP contribution in [0.15, 0.2) is 71.2 Å². The van der Waals surface area contributed by atoms with E-state index >= 15 is 0 Å². The fourth-order valence-electron chi connectivity index (χ4n) is 2.53. The zero-order chi connectivity index (χ0) is 19.4. The third kappa shape index (κ3) is 4.75. The molecule has 3 aromatic rings. The van der Waals surface area contributed by atoms with Gasteiger partial charge in [-0.05, 0) is 82.2 Å². The molecule has 0 heterocycles.